The molecule has 8 nitrogen and oxygen atoms in total. The zero-order chi connectivity index (χ0) is 29.9. The van der Waals surface area contributed by atoms with Crippen LogP contribution in [0.3, 0.4) is 0 Å². The van der Waals surface area contributed by atoms with Crippen molar-refractivity contribution in [1.82, 2.24) is 19.9 Å². The molecule has 2 N–H and O–H groups in total. The summed E-state index contributed by atoms with van der Waals surface area (Å²) in [5, 5.41) is 9.39. The number of nitrogens with zero attached hydrogens (tertiary/aromatic N) is 4. The van der Waals surface area contributed by atoms with Crippen LogP contribution >= 0.6 is 11.3 Å². The highest BCUT2D eigenvalue weighted by molar-refractivity contribution is 7.13. The van der Waals surface area contributed by atoms with Crippen molar-refractivity contribution in [2.24, 2.45) is 4.99 Å². The van der Waals surface area contributed by atoms with Crippen LogP contribution in [0.25, 0.3) is 21.5 Å². The molecule has 44 heavy (non-hydrogen) atoms. The van der Waals surface area contributed by atoms with Crippen molar-refractivity contribution in [2.45, 2.75) is 32.4 Å². The molecule has 5 aromatic rings. The fraction of sp³-hybridized carbons (Fsp3) is 0.200. The Labute approximate surface area is 259 Å². The lowest BCUT2D eigenvalue weighted by molar-refractivity contribution is 0.223. The van der Waals surface area contributed by atoms with E-state index in [2.05, 4.69) is 56.0 Å². The summed E-state index contributed by atoms with van der Waals surface area (Å²) in [4.78, 5) is 28.9. The Kier molecular flexibility index (Phi) is 7.76. The Hall–Kier alpha value is -5.04. The molecule has 5 heterocycles. The van der Waals surface area contributed by atoms with Crippen molar-refractivity contribution in [1.29, 1.82) is 0 Å². The molecule has 2 aromatic carbocycles. The predicted octanol–water partition coefficient (Wildman–Crippen LogP) is 6.15. The van der Waals surface area contributed by atoms with E-state index in [9.17, 15) is 4.79 Å². The van der Waals surface area contributed by atoms with Gasteiger partial charge >= 0.3 is 0 Å². The fourth-order valence-corrected chi connectivity index (χ4v) is 6.27. The highest BCUT2D eigenvalue weighted by Crippen LogP contribution is 2.30. The second kappa shape index (κ2) is 12.3. The quantitative estimate of drug-likeness (QED) is 0.218. The average Bonchev–Trinajstić information content (AvgIpc) is 3.83. The molecule has 0 saturated carbocycles. The summed E-state index contributed by atoms with van der Waals surface area (Å²) in [7, 11) is 0. The summed E-state index contributed by atoms with van der Waals surface area (Å²) in [6.07, 6.45) is 5.56. The van der Waals surface area contributed by atoms with Gasteiger partial charge in [0, 0.05) is 41.3 Å². The molecule has 3 aromatic heterocycles. The van der Waals surface area contributed by atoms with Gasteiger partial charge in [-0.15, -0.1) is 11.3 Å². The molecule has 0 aliphatic carbocycles. The lowest BCUT2D eigenvalue weighted by atomic mass is 10.1. The van der Waals surface area contributed by atoms with Crippen LogP contribution in [0, 0.1) is 11.8 Å². The van der Waals surface area contributed by atoms with Gasteiger partial charge in [-0.3, -0.25) is 14.4 Å². The van der Waals surface area contributed by atoms with Crippen LogP contribution in [0.15, 0.2) is 99.4 Å². The third kappa shape index (κ3) is 5.91. The first kappa shape index (κ1) is 27.8. The molecule has 7 rings (SSSR count). The zero-order valence-corrected chi connectivity index (χ0v) is 25.0. The molecule has 1 fully saturated rings. The number of aliphatic imine (C=N–C) groups is 1. The SMILES string of the molecule is CC1=C(C#Cc2cc3cnc(Nc4ccc(OC5CCNC5)cc4)nc3n(Cc3ccsc3-c3ccccc3)c2=O)N=CC1. The molecule has 9 heteroatoms. The van der Waals surface area contributed by atoms with Crippen LogP contribution in [0.4, 0.5) is 11.6 Å². The molecule has 2 aliphatic rings. The van der Waals surface area contributed by atoms with Gasteiger partial charge in [0.25, 0.3) is 5.56 Å². The van der Waals surface area contributed by atoms with Crippen LogP contribution in [0.2, 0.25) is 0 Å². The predicted molar refractivity (Wildman–Crippen MR) is 177 cm³/mol. The van der Waals surface area contributed by atoms with Crippen LogP contribution in [0.5, 0.6) is 5.75 Å². The van der Waals surface area contributed by atoms with E-state index in [-0.39, 0.29) is 11.7 Å². The summed E-state index contributed by atoms with van der Waals surface area (Å²) >= 11 is 1.66. The summed E-state index contributed by atoms with van der Waals surface area (Å²) in [5.74, 6) is 7.41. The van der Waals surface area contributed by atoms with Crippen LogP contribution < -0.4 is 20.9 Å². The Morgan fingerprint density at radius 3 is 2.75 bits per heavy atom. The molecule has 1 atom stereocenters. The van der Waals surface area contributed by atoms with Gasteiger partial charge in [0.1, 0.15) is 23.2 Å². The van der Waals surface area contributed by atoms with Gasteiger partial charge in [-0.2, -0.15) is 4.98 Å². The van der Waals surface area contributed by atoms with Crippen molar-refractivity contribution in [2.75, 3.05) is 18.4 Å². The van der Waals surface area contributed by atoms with Crippen LogP contribution in [-0.2, 0) is 6.54 Å². The lowest BCUT2D eigenvalue weighted by Crippen LogP contribution is -2.24. The van der Waals surface area contributed by atoms with E-state index in [4.69, 9.17) is 9.72 Å². The standard InChI is InChI=1S/C35H30N6O2S/c1-23-13-17-37-31(23)12-7-25-19-27-20-38-35(39-28-8-10-29(11-9-28)43-30-14-16-36-21-30)40-33(27)41(34(25)42)22-26-15-18-44-32(26)24-5-3-2-4-6-24/h2-6,8-11,15,17-20,30,36H,13-14,16,21-22H2,1H3,(H,38,39,40). The molecule has 0 amide bonds. The van der Waals surface area contributed by atoms with Crippen molar-refractivity contribution in [3.8, 4) is 28.0 Å². The largest absolute Gasteiger partial charge is 0.489 e. The van der Waals surface area contributed by atoms with Gasteiger partial charge in [-0.1, -0.05) is 36.3 Å². The van der Waals surface area contributed by atoms with E-state index in [1.54, 1.807) is 28.2 Å². The number of benzene rings is 2. The number of pyridine rings is 1. The van der Waals surface area contributed by atoms with Gasteiger partial charge in [-0.25, -0.2) is 4.98 Å². The highest BCUT2D eigenvalue weighted by Gasteiger charge is 2.17. The van der Waals surface area contributed by atoms with Crippen molar-refractivity contribution < 1.29 is 4.74 Å². The molecule has 2 aliphatic heterocycles. The second-order valence-corrected chi connectivity index (χ2v) is 11.8. The monoisotopic (exact) mass is 598 g/mol. The Morgan fingerprint density at radius 2 is 1.98 bits per heavy atom. The molecular formula is C35H30N6O2S. The van der Waals surface area contributed by atoms with Gasteiger partial charge in [0.2, 0.25) is 5.95 Å². The van der Waals surface area contributed by atoms with E-state index in [0.717, 1.165) is 64.3 Å². The summed E-state index contributed by atoms with van der Waals surface area (Å²) in [5.41, 5.74) is 5.49. The maximum Gasteiger partial charge on any atom is 0.268 e. The van der Waals surface area contributed by atoms with E-state index < -0.39 is 0 Å². The summed E-state index contributed by atoms with van der Waals surface area (Å²) in [6.45, 7) is 4.20. The fourth-order valence-electron chi connectivity index (χ4n) is 5.34. The van der Waals surface area contributed by atoms with Crippen LogP contribution in [0.1, 0.15) is 30.9 Å². The minimum atomic E-state index is -0.206. The minimum absolute atomic E-state index is 0.196. The summed E-state index contributed by atoms with van der Waals surface area (Å²) < 4.78 is 7.75. The van der Waals surface area contributed by atoms with Gasteiger partial charge in [0.15, 0.2) is 0 Å². The smallest absolute Gasteiger partial charge is 0.268 e. The van der Waals surface area contributed by atoms with Crippen LogP contribution in [-0.4, -0.2) is 39.9 Å². The van der Waals surface area contributed by atoms with Crippen molar-refractivity contribution in [3.63, 3.8) is 0 Å². The minimum Gasteiger partial charge on any atom is -0.489 e. The van der Waals surface area contributed by atoms with E-state index >= 15 is 0 Å². The first-order valence-electron chi connectivity index (χ1n) is 14.6. The summed E-state index contributed by atoms with van der Waals surface area (Å²) in [6, 6.07) is 21.8. The number of aromatic nitrogens is 3. The third-order valence-corrected chi connectivity index (χ3v) is 8.71. The average molecular weight is 599 g/mol. The first-order chi connectivity index (χ1) is 21.6. The number of thiophene rings is 1. The zero-order valence-electron chi connectivity index (χ0n) is 24.2. The number of fused-ring (bicyclic) bond motifs is 1. The molecule has 0 spiro atoms. The molecule has 218 valence electrons. The first-order valence-corrected chi connectivity index (χ1v) is 15.5. The molecule has 1 saturated heterocycles. The lowest BCUT2D eigenvalue weighted by Gasteiger charge is -2.14. The van der Waals surface area contributed by atoms with Crippen molar-refractivity contribution in [3.05, 3.63) is 111 Å². The van der Waals surface area contributed by atoms with E-state index in [1.807, 2.05) is 55.6 Å². The van der Waals surface area contributed by atoms with Crippen molar-refractivity contribution >= 4 is 40.2 Å². The molecule has 1 unspecified atom stereocenters. The van der Waals surface area contributed by atoms with Gasteiger partial charge in [-0.05, 0) is 84.3 Å². The number of hydrogen-bond donors (Lipinski definition) is 2. The molecule has 0 bridgehead atoms. The Bertz CT molecular complexity index is 2010. The van der Waals surface area contributed by atoms with Gasteiger partial charge in [0.05, 0.1) is 12.1 Å². The number of anilines is 2. The number of ether oxygens (including phenoxy) is 1. The highest BCUT2D eigenvalue weighted by atomic mass is 32.1. The second-order valence-electron chi connectivity index (χ2n) is 10.8. The van der Waals surface area contributed by atoms with Gasteiger partial charge < -0.3 is 15.4 Å². The topological polar surface area (TPSA) is 93.4 Å². The number of hydrogen-bond acceptors (Lipinski definition) is 8. The normalized spacial score (nSPS) is 15.9. The maximum absolute atomic E-state index is 14.0. The number of allylic oxidation sites excluding steroid dienone is 2. The molecule has 0 radical (unpaired) electrons. The van der Waals surface area contributed by atoms with E-state index in [1.165, 1.54) is 0 Å². The maximum atomic E-state index is 14.0. The molecular weight excluding hydrogens is 568 g/mol. The Morgan fingerprint density at radius 1 is 1.11 bits per heavy atom. The van der Waals surface area contributed by atoms with E-state index in [0.29, 0.717) is 29.4 Å². The number of rotatable bonds is 7. The number of nitrogens with one attached hydrogen (secondary N) is 2. The Balaban J connectivity index is 1.25. The third-order valence-electron chi connectivity index (χ3n) is 7.70.